The Kier molecular flexibility index (Phi) is 11.2. The Bertz CT molecular complexity index is 1570. The minimum Gasteiger partial charge on any atom is -0.711 e. The van der Waals surface area contributed by atoms with Crippen LogP contribution in [0.15, 0.2) is 66.9 Å². The summed E-state index contributed by atoms with van der Waals surface area (Å²) in [6, 6.07) is 15.0. The third kappa shape index (κ3) is 9.69. The predicted octanol–water partition coefficient (Wildman–Crippen LogP) is 5.84. The highest BCUT2D eigenvalue weighted by Crippen LogP contribution is 2.32. The molecule has 0 N–H and O–H groups in total. The number of benzene rings is 2. The van der Waals surface area contributed by atoms with E-state index in [2.05, 4.69) is 0 Å². The van der Waals surface area contributed by atoms with E-state index in [0.717, 1.165) is 23.3 Å². The van der Waals surface area contributed by atoms with Gasteiger partial charge in [-0.1, -0.05) is 45.0 Å². The number of hydrogen-bond acceptors (Lipinski definition) is 6. The molecule has 2 heterocycles. The number of fused-ring (bicyclic) bond motifs is 1. The summed E-state index contributed by atoms with van der Waals surface area (Å²) in [6.07, 6.45) is -2.29. The van der Waals surface area contributed by atoms with Crippen molar-refractivity contribution in [2.24, 2.45) is 11.3 Å². The number of amides is 2. The van der Waals surface area contributed by atoms with Crippen LogP contribution in [0.1, 0.15) is 62.3 Å². The molecular formula is C35H40F3N3O6. The van der Waals surface area contributed by atoms with Crippen molar-refractivity contribution in [1.82, 2.24) is 4.90 Å². The number of ether oxygens (including phenoxy) is 2. The largest absolute Gasteiger partial charge is 0.711 e. The monoisotopic (exact) mass is 655 g/mol. The van der Waals surface area contributed by atoms with Gasteiger partial charge in [0.2, 0.25) is 5.91 Å². The molecule has 1 aliphatic heterocycles. The molecule has 1 aliphatic rings. The van der Waals surface area contributed by atoms with E-state index in [1.165, 1.54) is 35.2 Å². The maximum Gasteiger partial charge on any atom is 0.416 e. The van der Waals surface area contributed by atoms with Gasteiger partial charge in [0.15, 0.2) is 0 Å². The Morgan fingerprint density at radius 3 is 2.40 bits per heavy atom. The molecule has 47 heavy (non-hydrogen) atoms. The Morgan fingerprint density at radius 2 is 1.77 bits per heavy atom. The topological polar surface area (TPSA) is 103 Å². The summed E-state index contributed by atoms with van der Waals surface area (Å²) in [5, 5.41) is 12.5. The van der Waals surface area contributed by atoms with E-state index in [-0.39, 0.29) is 68.6 Å². The van der Waals surface area contributed by atoms with Gasteiger partial charge in [-0.15, -0.1) is 0 Å². The highest BCUT2D eigenvalue weighted by atomic mass is 19.4. The molecule has 252 valence electrons. The molecule has 2 amide bonds. The normalized spacial score (nSPS) is 15.1. The molecule has 3 aromatic rings. The zero-order valence-corrected chi connectivity index (χ0v) is 27.0. The molecule has 0 radical (unpaired) electrons. The van der Waals surface area contributed by atoms with Crippen molar-refractivity contribution in [2.45, 2.75) is 65.7 Å². The molecule has 1 atom stereocenters. The van der Waals surface area contributed by atoms with Gasteiger partial charge in [0.05, 0.1) is 50.8 Å². The lowest BCUT2D eigenvalue weighted by atomic mass is 9.91. The van der Waals surface area contributed by atoms with Gasteiger partial charge in [-0.3, -0.25) is 9.59 Å². The standard InChI is InChI=1S/C35H40F3N3O6/c1-34(2,3)21-31(42)40(30-8-5-6-16-41(30)45)15-7-17-47-29-14-11-25-18-26(20-32(43)46-4)33(44)39(23-27(25)19-29)22-24-9-12-28(13-10-24)35(36,37)38/h5-6,8-14,16,19,26H,7,15,17-18,20-23H2,1-4H3. The molecule has 9 nitrogen and oxygen atoms in total. The smallest absolute Gasteiger partial charge is 0.416 e. The summed E-state index contributed by atoms with van der Waals surface area (Å²) in [5.41, 5.74) is 1.10. The van der Waals surface area contributed by atoms with Crippen molar-refractivity contribution in [3.63, 3.8) is 0 Å². The van der Waals surface area contributed by atoms with Crippen LogP contribution in [0.3, 0.4) is 0 Å². The average Bonchev–Trinajstić information content (AvgIpc) is 3.12. The number of esters is 1. The average molecular weight is 656 g/mol. The lowest BCUT2D eigenvalue weighted by molar-refractivity contribution is -0.591. The fourth-order valence-electron chi connectivity index (χ4n) is 5.49. The quantitative estimate of drug-likeness (QED) is 0.111. The zero-order valence-electron chi connectivity index (χ0n) is 27.0. The first-order chi connectivity index (χ1) is 22.1. The molecule has 4 rings (SSSR count). The summed E-state index contributed by atoms with van der Waals surface area (Å²) in [4.78, 5) is 41.9. The molecule has 12 heteroatoms. The summed E-state index contributed by atoms with van der Waals surface area (Å²) < 4.78 is 50.8. The van der Waals surface area contributed by atoms with Crippen LogP contribution in [-0.4, -0.2) is 42.9 Å². The molecule has 0 fully saturated rings. The van der Waals surface area contributed by atoms with Crippen LogP contribution in [0, 0.1) is 16.5 Å². The van der Waals surface area contributed by atoms with E-state index in [1.54, 1.807) is 24.3 Å². The van der Waals surface area contributed by atoms with E-state index in [9.17, 15) is 32.8 Å². The Balaban J connectivity index is 1.49. The number of methoxy groups -OCH3 is 1. The zero-order chi connectivity index (χ0) is 34.4. The van der Waals surface area contributed by atoms with Gasteiger partial charge in [0.1, 0.15) is 5.75 Å². The first-order valence-corrected chi connectivity index (χ1v) is 15.4. The van der Waals surface area contributed by atoms with E-state index in [1.807, 2.05) is 32.9 Å². The number of rotatable bonds is 11. The van der Waals surface area contributed by atoms with Gasteiger partial charge in [0.25, 0.3) is 5.82 Å². The summed E-state index contributed by atoms with van der Waals surface area (Å²) >= 11 is 0. The lowest BCUT2D eigenvalue weighted by Gasteiger charge is -2.24. The van der Waals surface area contributed by atoms with Crippen LogP contribution in [0.25, 0.3) is 0 Å². The van der Waals surface area contributed by atoms with Gasteiger partial charge in [-0.2, -0.15) is 18.1 Å². The number of pyridine rings is 1. The fraction of sp³-hybridized carbons (Fsp3) is 0.429. The summed E-state index contributed by atoms with van der Waals surface area (Å²) in [6.45, 7) is 6.58. The number of nitrogens with zero attached hydrogens (tertiary/aromatic N) is 3. The maximum absolute atomic E-state index is 13.6. The molecule has 0 saturated heterocycles. The second-order valence-corrected chi connectivity index (χ2v) is 12.9. The third-order valence-electron chi connectivity index (χ3n) is 7.82. The summed E-state index contributed by atoms with van der Waals surface area (Å²) in [7, 11) is 1.25. The van der Waals surface area contributed by atoms with E-state index in [0.29, 0.717) is 22.5 Å². The van der Waals surface area contributed by atoms with Crippen molar-refractivity contribution in [3.8, 4) is 5.75 Å². The molecule has 1 aromatic heterocycles. The minimum absolute atomic E-state index is 0.0524. The van der Waals surface area contributed by atoms with Crippen molar-refractivity contribution >= 4 is 23.6 Å². The fourth-order valence-corrected chi connectivity index (χ4v) is 5.49. The highest BCUT2D eigenvalue weighted by molar-refractivity contribution is 5.92. The first-order valence-electron chi connectivity index (χ1n) is 15.4. The number of halogens is 3. The molecule has 2 aromatic carbocycles. The number of alkyl halides is 3. The number of carbonyl (C=O) groups is 3. The van der Waals surface area contributed by atoms with Crippen LogP contribution < -0.4 is 14.4 Å². The van der Waals surface area contributed by atoms with E-state index >= 15 is 0 Å². The number of anilines is 1. The van der Waals surface area contributed by atoms with Crippen LogP contribution in [0.4, 0.5) is 19.0 Å². The Morgan fingerprint density at radius 1 is 1.04 bits per heavy atom. The number of carbonyl (C=O) groups excluding carboxylic acids is 3. The van der Waals surface area contributed by atoms with Crippen molar-refractivity contribution < 1.29 is 41.8 Å². The van der Waals surface area contributed by atoms with Gasteiger partial charge in [-0.25, -0.2) is 9.52 Å². The lowest BCUT2D eigenvalue weighted by Crippen LogP contribution is -2.43. The molecule has 1 unspecified atom stereocenters. The number of aromatic nitrogens is 1. The molecule has 0 bridgehead atoms. The van der Waals surface area contributed by atoms with E-state index in [4.69, 9.17) is 9.47 Å². The second-order valence-electron chi connectivity index (χ2n) is 12.9. The second kappa shape index (κ2) is 14.9. The maximum atomic E-state index is 13.6. The predicted molar refractivity (Wildman–Crippen MR) is 168 cm³/mol. The Hall–Kier alpha value is -4.61. The molecule has 0 saturated carbocycles. The van der Waals surface area contributed by atoms with Crippen molar-refractivity contribution in [3.05, 3.63) is 94.3 Å². The molecule has 0 spiro atoms. The van der Waals surface area contributed by atoms with Crippen LogP contribution in [-0.2, 0) is 44.8 Å². The SMILES string of the molecule is COC(=O)CC1Cc2ccc(OCCCN(C(=O)CC(C)(C)C)c3cccc[n+]3[O-])cc2CN(Cc2ccc(C(F)(F)F)cc2)C1=O. The van der Waals surface area contributed by atoms with Gasteiger partial charge >= 0.3 is 18.1 Å². The Labute approximate surface area is 272 Å². The first kappa shape index (κ1) is 35.2. The number of hydrogen-bond donors (Lipinski definition) is 0. The van der Waals surface area contributed by atoms with Crippen molar-refractivity contribution in [2.75, 3.05) is 25.2 Å². The third-order valence-corrected chi connectivity index (χ3v) is 7.82. The summed E-state index contributed by atoms with van der Waals surface area (Å²) in [5.74, 6) is -0.935. The van der Waals surface area contributed by atoms with Gasteiger partial charge < -0.3 is 19.6 Å². The molecular weight excluding hydrogens is 615 g/mol. The minimum atomic E-state index is -4.47. The van der Waals surface area contributed by atoms with Crippen molar-refractivity contribution in [1.29, 1.82) is 0 Å². The van der Waals surface area contributed by atoms with Gasteiger partial charge in [0, 0.05) is 25.6 Å². The van der Waals surface area contributed by atoms with Crippen LogP contribution in [0.2, 0.25) is 0 Å². The van der Waals surface area contributed by atoms with Crippen LogP contribution >= 0.6 is 0 Å². The van der Waals surface area contributed by atoms with Crippen LogP contribution in [0.5, 0.6) is 5.75 Å². The molecule has 0 aliphatic carbocycles. The van der Waals surface area contributed by atoms with E-state index < -0.39 is 23.6 Å². The van der Waals surface area contributed by atoms with Gasteiger partial charge in [-0.05, 0) is 58.9 Å². The highest BCUT2D eigenvalue weighted by Gasteiger charge is 2.33.